The molecule has 0 amide bonds. The lowest BCUT2D eigenvalue weighted by Gasteiger charge is -2.22. The van der Waals surface area contributed by atoms with Gasteiger partial charge >= 0.3 is 0 Å². The van der Waals surface area contributed by atoms with E-state index >= 15 is 0 Å². The van der Waals surface area contributed by atoms with Gasteiger partial charge in [-0.1, -0.05) is 13.8 Å². The highest BCUT2D eigenvalue weighted by atomic mass is 32.2. The van der Waals surface area contributed by atoms with Gasteiger partial charge in [0, 0.05) is 18.7 Å². The van der Waals surface area contributed by atoms with Gasteiger partial charge < -0.3 is 10.1 Å². The molecule has 0 aliphatic heterocycles. The first-order valence-electron chi connectivity index (χ1n) is 7.75. The van der Waals surface area contributed by atoms with Crippen LogP contribution in [0.1, 0.15) is 46.5 Å². The van der Waals surface area contributed by atoms with Crippen molar-refractivity contribution >= 4 is 10.0 Å². The second-order valence-electron chi connectivity index (χ2n) is 5.88. The Hall–Kier alpha value is -0.170. The van der Waals surface area contributed by atoms with Crippen LogP contribution in [0.4, 0.5) is 0 Å². The fraction of sp³-hybridized carbons (Fsp3) is 1.00. The number of ether oxygens (including phenoxy) is 1. The van der Waals surface area contributed by atoms with Crippen LogP contribution in [0.15, 0.2) is 0 Å². The van der Waals surface area contributed by atoms with Gasteiger partial charge in [0.25, 0.3) is 0 Å². The Morgan fingerprint density at radius 1 is 1.25 bits per heavy atom. The fourth-order valence-corrected chi connectivity index (χ4v) is 3.41. The van der Waals surface area contributed by atoms with Gasteiger partial charge in [-0.15, -0.1) is 0 Å². The predicted molar refractivity (Wildman–Crippen MR) is 82.3 cm³/mol. The average Bonchev–Trinajstić information content (AvgIpc) is 3.17. The molecule has 120 valence electrons. The van der Waals surface area contributed by atoms with E-state index in [1.807, 2.05) is 20.8 Å². The molecule has 1 aliphatic rings. The Balaban J connectivity index is 2.22. The van der Waals surface area contributed by atoms with Crippen LogP contribution in [0.5, 0.6) is 0 Å². The molecule has 1 saturated carbocycles. The molecule has 0 heterocycles. The molecule has 1 fully saturated rings. The zero-order valence-corrected chi connectivity index (χ0v) is 13.8. The van der Waals surface area contributed by atoms with Gasteiger partial charge in [-0.2, -0.15) is 0 Å². The van der Waals surface area contributed by atoms with E-state index < -0.39 is 10.0 Å². The maximum absolute atomic E-state index is 12.0. The third-order valence-electron chi connectivity index (χ3n) is 3.49. The zero-order valence-electron chi connectivity index (χ0n) is 13.0. The Morgan fingerprint density at radius 3 is 2.50 bits per heavy atom. The first-order valence-corrected chi connectivity index (χ1v) is 9.41. The van der Waals surface area contributed by atoms with E-state index in [2.05, 4.69) is 10.0 Å². The van der Waals surface area contributed by atoms with Crippen LogP contribution in [-0.2, 0) is 14.8 Å². The second-order valence-corrected chi connectivity index (χ2v) is 7.76. The molecule has 2 N–H and O–H groups in total. The lowest BCUT2D eigenvalue weighted by molar-refractivity contribution is 0.116. The minimum Gasteiger partial charge on any atom is -0.380 e. The molecule has 1 unspecified atom stereocenters. The smallest absolute Gasteiger partial charge is 0.211 e. The van der Waals surface area contributed by atoms with Crippen LogP contribution < -0.4 is 10.0 Å². The van der Waals surface area contributed by atoms with Crippen molar-refractivity contribution in [2.75, 3.05) is 25.5 Å². The third-order valence-corrected chi connectivity index (χ3v) is 4.98. The Labute approximate surface area is 123 Å². The molecule has 0 radical (unpaired) electrons. The van der Waals surface area contributed by atoms with Crippen molar-refractivity contribution in [1.82, 2.24) is 10.0 Å². The van der Waals surface area contributed by atoms with E-state index in [1.54, 1.807) is 0 Å². The number of unbranched alkanes of at least 4 members (excludes halogenated alkanes) is 1. The number of hydrogen-bond acceptors (Lipinski definition) is 4. The molecule has 1 atom stereocenters. The summed E-state index contributed by atoms with van der Waals surface area (Å²) in [5, 5.41) is 3.39. The van der Waals surface area contributed by atoms with Crippen LogP contribution in [0.25, 0.3) is 0 Å². The number of hydrogen-bond donors (Lipinski definition) is 2. The minimum atomic E-state index is -3.20. The summed E-state index contributed by atoms with van der Waals surface area (Å²) in [5.41, 5.74) is 0. The average molecular weight is 306 g/mol. The van der Waals surface area contributed by atoms with Crippen molar-refractivity contribution in [2.24, 2.45) is 5.92 Å². The Kier molecular flexibility index (Phi) is 8.02. The van der Waals surface area contributed by atoms with Crippen LogP contribution in [0, 0.1) is 5.92 Å². The van der Waals surface area contributed by atoms with Gasteiger partial charge in [0.05, 0.1) is 12.4 Å². The van der Waals surface area contributed by atoms with Gasteiger partial charge in [0.2, 0.25) is 10.0 Å². The monoisotopic (exact) mass is 306 g/mol. The Morgan fingerprint density at radius 2 is 1.95 bits per heavy atom. The number of rotatable bonds is 12. The Bertz CT molecular complexity index is 353. The van der Waals surface area contributed by atoms with Crippen LogP contribution in [0.2, 0.25) is 0 Å². The zero-order chi connectivity index (χ0) is 15.0. The van der Waals surface area contributed by atoms with Crippen molar-refractivity contribution in [2.45, 2.75) is 58.5 Å². The van der Waals surface area contributed by atoms with Crippen molar-refractivity contribution in [3.05, 3.63) is 0 Å². The molecule has 1 aliphatic carbocycles. The second kappa shape index (κ2) is 8.97. The molecule has 0 spiro atoms. The van der Waals surface area contributed by atoms with Crippen molar-refractivity contribution in [3.63, 3.8) is 0 Å². The minimum absolute atomic E-state index is 0.135. The van der Waals surface area contributed by atoms with E-state index in [0.717, 1.165) is 13.0 Å². The van der Waals surface area contributed by atoms with E-state index in [1.165, 1.54) is 12.8 Å². The van der Waals surface area contributed by atoms with Crippen molar-refractivity contribution in [1.29, 1.82) is 0 Å². The quantitative estimate of drug-likeness (QED) is 0.536. The first kappa shape index (κ1) is 17.9. The van der Waals surface area contributed by atoms with Crippen LogP contribution in [0.3, 0.4) is 0 Å². The first-order chi connectivity index (χ1) is 9.44. The van der Waals surface area contributed by atoms with Crippen molar-refractivity contribution in [3.8, 4) is 0 Å². The molecule has 0 aromatic carbocycles. The van der Waals surface area contributed by atoms with Crippen molar-refractivity contribution < 1.29 is 13.2 Å². The summed E-state index contributed by atoms with van der Waals surface area (Å²) < 4.78 is 32.2. The maximum Gasteiger partial charge on any atom is 0.211 e. The van der Waals surface area contributed by atoms with Crippen LogP contribution in [-0.4, -0.2) is 46.0 Å². The lowest BCUT2D eigenvalue weighted by atomic mass is 10.1. The summed E-state index contributed by atoms with van der Waals surface area (Å²) in [6.45, 7) is 7.90. The third kappa shape index (κ3) is 8.19. The van der Waals surface area contributed by atoms with E-state index in [0.29, 0.717) is 25.7 Å². The molecule has 1 rings (SSSR count). The molecule has 5 nitrogen and oxygen atoms in total. The topological polar surface area (TPSA) is 67.4 Å². The van der Waals surface area contributed by atoms with Gasteiger partial charge in [-0.3, -0.25) is 0 Å². The van der Waals surface area contributed by atoms with E-state index in [-0.39, 0.29) is 17.7 Å². The summed E-state index contributed by atoms with van der Waals surface area (Å²) in [4.78, 5) is 0. The number of sulfonamides is 1. The van der Waals surface area contributed by atoms with Gasteiger partial charge in [-0.25, -0.2) is 13.1 Å². The van der Waals surface area contributed by atoms with Crippen LogP contribution >= 0.6 is 0 Å². The van der Waals surface area contributed by atoms with Gasteiger partial charge in [-0.05, 0) is 45.1 Å². The highest BCUT2D eigenvalue weighted by Gasteiger charge is 2.21. The SMILES string of the molecule is CCOCC(NS(=O)(=O)CCCCNC1CC1)C(C)C. The molecule has 20 heavy (non-hydrogen) atoms. The molecule has 0 saturated heterocycles. The highest BCUT2D eigenvalue weighted by molar-refractivity contribution is 7.89. The summed E-state index contributed by atoms with van der Waals surface area (Å²) in [6, 6.07) is 0.561. The summed E-state index contributed by atoms with van der Waals surface area (Å²) in [6.07, 6.45) is 4.16. The molecule has 0 aromatic heterocycles. The fourth-order valence-electron chi connectivity index (χ4n) is 1.91. The molecule has 0 aromatic rings. The lowest BCUT2D eigenvalue weighted by Crippen LogP contribution is -2.42. The summed E-state index contributed by atoms with van der Waals surface area (Å²) in [5.74, 6) is 0.433. The predicted octanol–water partition coefficient (Wildman–Crippen LogP) is 1.50. The van der Waals surface area contributed by atoms with E-state index in [9.17, 15) is 8.42 Å². The largest absolute Gasteiger partial charge is 0.380 e. The summed E-state index contributed by atoms with van der Waals surface area (Å²) in [7, 11) is -3.20. The van der Waals surface area contributed by atoms with Gasteiger partial charge in [0.1, 0.15) is 0 Å². The normalized spacial score (nSPS) is 17.6. The molecular formula is C14H30N2O3S. The molecule has 6 heteroatoms. The number of nitrogens with one attached hydrogen (secondary N) is 2. The van der Waals surface area contributed by atoms with E-state index in [4.69, 9.17) is 4.74 Å². The maximum atomic E-state index is 12.0. The standard InChI is InChI=1S/C14H30N2O3S/c1-4-19-11-14(12(2)3)16-20(17,18)10-6-5-9-15-13-7-8-13/h12-16H,4-11H2,1-3H3. The molecule has 0 bridgehead atoms. The summed E-state index contributed by atoms with van der Waals surface area (Å²) >= 11 is 0. The highest BCUT2D eigenvalue weighted by Crippen LogP contribution is 2.18. The molecular weight excluding hydrogens is 276 g/mol. The van der Waals surface area contributed by atoms with Gasteiger partial charge in [0.15, 0.2) is 0 Å².